The van der Waals surface area contributed by atoms with Crippen LogP contribution < -0.4 is 19.6 Å². The summed E-state index contributed by atoms with van der Waals surface area (Å²) in [7, 11) is -12.8. The number of hydrogen-bond donors (Lipinski definition) is 4. The van der Waals surface area contributed by atoms with Gasteiger partial charge >= 0.3 is 63.8 Å². The van der Waals surface area contributed by atoms with Gasteiger partial charge in [0.1, 0.15) is 33.0 Å². The van der Waals surface area contributed by atoms with Crippen LogP contribution in [0.4, 0.5) is 0 Å². The fourth-order valence-corrected chi connectivity index (χ4v) is 1.96. The molecule has 4 atom stereocenters. The summed E-state index contributed by atoms with van der Waals surface area (Å²) in [5.41, 5.74) is 0. The fourth-order valence-electron chi connectivity index (χ4n) is 0.887. The second-order valence-electron chi connectivity index (χ2n) is 4.97. The minimum absolute atomic E-state index is 0. The molecule has 37 heavy (non-hydrogen) atoms. The van der Waals surface area contributed by atoms with Crippen molar-refractivity contribution in [2.24, 2.45) is 0 Å². The first-order chi connectivity index (χ1) is 16.5. The average Bonchev–Trinajstić information content (AvgIpc) is 2.67. The smallest absolute Gasteiger partial charge is 0.781 e. The van der Waals surface area contributed by atoms with Crippen molar-refractivity contribution in [1.29, 1.82) is 0 Å². The van der Waals surface area contributed by atoms with Gasteiger partial charge in [0.05, 0.1) is 52.1 Å². The molecule has 4 unspecified atom stereocenters. The first-order valence-corrected chi connectivity index (χ1v) is 13.6. The van der Waals surface area contributed by atoms with Crippen LogP contribution in [0, 0.1) is 39.9 Å². The maximum absolute atomic E-state index is 9.71. The van der Waals surface area contributed by atoms with Gasteiger partial charge in [-0.2, -0.15) is 0 Å². The van der Waals surface area contributed by atoms with Crippen molar-refractivity contribution < 1.29 is 135 Å². The van der Waals surface area contributed by atoms with Crippen molar-refractivity contribution in [2.75, 3.05) is 26.4 Å². The molecule has 0 radical (unpaired) electrons. The normalized spacial score (nSPS) is 12.6. The van der Waals surface area contributed by atoms with Crippen LogP contribution in [0.1, 0.15) is 25.7 Å². The summed E-state index contributed by atoms with van der Waals surface area (Å²) in [6.45, 7) is -1.07. The Hall–Kier alpha value is -0.195. The van der Waals surface area contributed by atoms with Gasteiger partial charge in [-0.3, -0.25) is 19.2 Å². The van der Waals surface area contributed by atoms with Crippen LogP contribution in [-0.2, 0) is 55.5 Å². The first kappa shape index (κ1) is 46.6. The molecule has 4 N–H and O–H groups in total. The Morgan fingerprint density at radius 3 is 0.676 bits per heavy atom. The van der Waals surface area contributed by atoms with E-state index in [2.05, 4.69) is 18.1 Å². The van der Waals surface area contributed by atoms with Crippen LogP contribution in [0.15, 0.2) is 0 Å². The van der Waals surface area contributed by atoms with Crippen molar-refractivity contribution in [3.8, 4) is 0 Å². The zero-order valence-electron chi connectivity index (χ0n) is 18.5. The maximum atomic E-state index is 9.71. The zero-order chi connectivity index (χ0) is 29.1. The second kappa shape index (κ2) is 33.8. The van der Waals surface area contributed by atoms with Gasteiger partial charge in [-0.25, -0.2) is 0 Å². The van der Waals surface area contributed by atoms with E-state index in [0.29, 0.717) is 0 Å². The number of aliphatic carboxylic acids is 4. The minimum atomic E-state index is -3.19. The SMILES string of the molecule is O=C(O)CCO[PH](=O)[O-].O=C(O)CCO[PH](=O)[O-].O=C(O)CCO[PH](=O)[O-].O=C(O)CCO[PH](=O)[O-].[Th+4]. The van der Waals surface area contributed by atoms with Gasteiger partial charge in [0.2, 0.25) is 0 Å². The van der Waals surface area contributed by atoms with Gasteiger partial charge in [0, 0.05) is 0 Å². The van der Waals surface area contributed by atoms with E-state index >= 15 is 0 Å². The van der Waals surface area contributed by atoms with Gasteiger partial charge in [-0.1, -0.05) is 0 Å². The molecule has 0 amide bonds. The van der Waals surface area contributed by atoms with Crippen molar-refractivity contribution in [1.82, 2.24) is 0 Å². The molecule has 0 fully saturated rings. The molecule has 0 spiro atoms. The van der Waals surface area contributed by atoms with Crippen LogP contribution in [0.5, 0.6) is 0 Å². The molecule has 0 heterocycles. The van der Waals surface area contributed by atoms with Crippen LogP contribution in [-0.4, -0.2) is 70.7 Å². The van der Waals surface area contributed by atoms with Crippen LogP contribution in [0.25, 0.3) is 0 Å². The van der Waals surface area contributed by atoms with E-state index in [9.17, 15) is 57.0 Å². The summed E-state index contributed by atoms with van der Waals surface area (Å²) < 4.78 is 54.4. The number of carboxylic acid groups (broad SMARTS) is 4. The summed E-state index contributed by atoms with van der Waals surface area (Å²) in [5.74, 6) is -4.28. The van der Waals surface area contributed by atoms with Crippen LogP contribution >= 0.6 is 33.0 Å². The second-order valence-corrected chi connectivity index (χ2v) is 8.12. The van der Waals surface area contributed by atoms with E-state index in [4.69, 9.17) is 20.4 Å². The van der Waals surface area contributed by atoms with Crippen LogP contribution in [0.3, 0.4) is 0 Å². The molecule has 0 saturated heterocycles. The maximum Gasteiger partial charge on any atom is 4.00 e. The molecule has 216 valence electrons. The number of carbonyl (C=O) groups is 4. The number of carboxylic acids is 4. The summed E-state index contributed by atoms with van der Waals surface area (Å²) >= 11 is 0. The van der Waals surface area contributed by atoms with Crippen molar-refractivity contribution in [2.45, 2.75) is 25.7 Å². The first-order valence-electron chi connectivity index (χ1n) is 8.73. The zero-order valence-corrected chi connectivity index (χ0v) is 26.6. The molecule has 0 aromatic rings. The van der Waals surface area contributed by atoms with Gasteiger partial charge in [0.25, 0.3) is 0 Å². The van der Waals surface area contributed by atoms with Crippen molar-refractivity contribution in [3.05, 3.63) is 0 Å². The molecular formula is C12H24O20P4Th. The predicted molar refractivity (Wildman–Crippen MR) is 109 cm³/mol. The predicted octanol–water partition coefficient (Wildman–Crippen LogP) is -3.09. The summed E-state index contributed by atoms with van der Waals surface area (Å²) in [6, 6.07) is 0. The molecule has 25 heteroatoms. The van der Waals surface area contributed by atoms with E-state index < -0.39 is 56.9 Å². The molecule has 0 bridgehead atoms. The molecule has 0 aromatic heterocycles. The summed E-state index contributed by atoms with van der Waals surface area (Å²) in [4.78, 5) is 77.4. The van der Waals surface area contributed by atoms with E-state index in [0.717, 1.165) is 0 Å². The molecule has 0 aliphatic carbocycles. The molecule has 20 nitrogen and oxygen atoms in total. The Morgan fingerprint density at radius 2 is 0.595 bits per heavy atom. The molecule has 0 aliphatic rings. The van der Waals surface area contributed by atoms with Gasteiger partial charge in [0.15, 0.2) is 0 Å². The largest absolute Gasteiger partial charge is 4.00 e. The van der Waals surface area contributed by atoms with Crippen LogP contribution in [0.2, 0.25) is 0 Å². The Balaban J connectivity index is -0.000000122. The Morgan fingerprint density at radius 1 is 0.459 bits per heavy atom. The number of rotatable bonds is 16. The van der Waals surface area contributed by atoms with E-state index in [-0.39, 0.29) is 92.1 Å². The molecule has 0 saturated carbocycles. The van der Waals surface area contributed by atoms with E-state index in [1.54, 1.807) is 0 Å². The average molecular weight is 844 g/mol. The van der Waals surface area contributed by atoms with Crippen molar-refractivity contribution in [3.63, 3.8) is 0 Å². The Labute approximate surface area is 243 Å². The standard InChI is InChI=1S/4C3H7O5P.Th/c4*4-3(5)1-2-8-9(6)7;/h4*9H,1-2H2,(H,4,5)(H,6,7);/q;;;;+4/p-4. The Bertz CT molecular complexity index is 556. The monoisotopic (exact) mass is 844 g/mol. The molecule has 0 rings (SSSR count). The third-order valence-electron chi connectivity index (χ3n) is 2.14. The van der Waals surface area contributed by atoms with E-state index in [1.165, 1.54) is 0 Å². The molecule has 0 aromatic carbocycles. The quantitative estimate of drug-likeness (QED) is 0.112. The topological polar surface area (TPSA) is 347 Å². The van der Waals surface area contributed by atoms with Crippen molar-refractivity contribution >= 4 is 56.9 Å². The fraction of sp³-hybridized carbons (Fsp3) is 0.667. The molecular weight excluding hydrogens is 820 g/mol. The van der Waals surface area contributed by atoms with Gasteiger partial charge in [-0.05, 0) is 0 Å². The van der Waals surface area contributed by atoms with E-state index in [1.807, 2.05) is 0 Å². The Kier molecular flexibility index (Phi) is 42.7. The number of hydrogen-bond acceptors (Lipinski definition) is 16. The minimum Gasteiger partial charge on any atom is -0.781 e. The van der Waals surface area contributed by atoms with Gasteiger partial charge < -0.3 is 76.4 Å². The molecule has 0 aliphatic heterocycles. The summed E-state index contributed by atoms with van der Waals surface area (Å²) in [6.07, 6.45) is -1.12. The van der Waals surface area contributed by atoms with Gasteiger partial charge in [-0.15, -0.1) is 0 Å². The third kappa shape index (κ3) is 72.2. The summed E-state index contributed by atoms with van der Waals surface area (Å²) in [5, 5.41) is 31.8. The third-order valence-corrected chi connectivity index (χ3v) is 3.90.